The van der Waals surface area contributed by atoms with Gasteiger partial charge in [-0.25, -0.2) is 4.98 Å². The molecule has 2 aromatic rings. The molecule has 0 bridgehead atoms. The summed E-state index contributed by atoms with van der Waals surface area (Å²) in [6, 6.07) is 8.20. The largest absolute Gasteiger partial charge is 0.417 e. The maximum atomic E-state index is 12.5. The normalized spacial score (nSPS) is 11.5. The van der Waals surface area contributed by atoms with E-state index in [9.17, 15) is 13.2 Å². The Bertz CT molecular complexity index is 612. The van der Waals surface area contributed by atoms with E-state index in [0.717, 1.165) is 24.2 Å². The van der Waals surface area contributed by atoms with Crippen molar-refractivity contribution in [3.05, 3.63) is 52.7 Å². The molecular weight excluding hydrogens is 303 g/mol. The minimum Gasteiger partial charge on any atom is -0.339 e. The van der Waals surface area contributed by atoms with Gasteiger partial charge >= 0.3 is 6.18 Å². The highest BCUT2D eigenvalue weighted by Crippen LogP contribution is 2.33. The highest BCUT2D eigenvalue weighted by molar-refractivity contribution is 6.33. The molecule has 0 aliphatic rings. The fraction of sp³-hybridized carbons (Fsp3) is 0.214. The number of anilines is 2. The lowest BCUT2D eigenvalue weighted by Gasteiger charge is -2.11. The Hall–Kier alpha value is -1.79. The number of nitrogens with zero attached hydrogens (tertiary/aromatic N) is 1. The van der Waals surface area contributed by atoms with E-state index in [2.05, 4.69) is 10.3 Å². The van der Waals surface area contributed by atoms with Gasteiger partial charge in [0, 0.05) is 11.9 Å². The van der Waals surface area contributed by atoms with Crippen LogP contribution in [0.15, 0.2) is 36.5 Å². The molecule has 7 heteroatoms. The third-order valence-corrected chi connectivity index (χ3v) is 3.11. The Morgan fingerprint density at radius 3 is 2.38 bits per heavy atom. The molecule has 0 spiro atoms. The van der Waals surface area contributed by atoms with Crippen molar-refractivity contribution in [3.63, 3.8) is 0 Å². The monoisotopic (exact) mass is 315 g/mol. The van der Waals surface area contributed by atoms with Gasteiger partial charge in [0.05, 0.1) is 10.6 Å². The lowest BCUT2D eigenvalue weighted by atomic mass is 10.1. The van der Waals surface area contributed by atoms with Gasteiger partial charge in [-0.3, -0.25) is 0 Å². The van der Waals surface area contributed by atoms with Crippen molar-refractivity contribution in [2.75, 3.05) is 11.9 Å². The molecule has 21 heavy (non-hydrogen) atoms. The van der Waals surface area contributed by atoms with Crippen LogP contribution in [-0.2, 0) is 12.6 Å². The van der Waals surface area contributed by atoms with Crippen molar-refractivity contribution in [2.45, 2.75) is 12.6 Å². The van der Waals surface area contributed by atoms with Gasteiger partial charge in [-0.1, -0.05) is 23.7 Å². The molecule has 0 saturated carbocycles. The van der Waals surface area contributed by atoms with E-state index < -0.39 is 11.7 Å². The lowest BCUT2D eigenvalue weighted by Crippen LogP contribution is -2.06. The maximum absolute atomic E-state index is 12.5. The van der Waals surface area contributed by atoms with Crippen molar-refractivity contribution < 1.29 is 13.2 Å². The summed E-state index contributed by atoms with van der Waals surface area (Å²) in [6.07, 6.45) is -2.95. The second-order valence-electron chi connectivity index (χ2n) is 4.41. The summed E-state index contributed by atoms with van der Waals surface area (Å²) < 4.78 is 37.5. The first-order valence-electron chi connectivity index (χ1n) is 6.19. The van der Waals surface area contributed by atoms with E-state index in [0.29, 0.717) is 12.2 Å². The number of alkyl halides is 3. The van der Waals surface area contributed by atoms with Crippen LogP contribution in [0.1, 0.15) is 11.1 Å². The number of nitrogens with one attached hydrogen (secondary N) is 1. The predicted octanol–water partition coefficient (Wildman–Crippen LogP) is 4.00. The average Bonchev–Trinajstić information content (AvgIpc) is 2.42. The standard InChI is InChI=1S/C14H13ClF3N3/c15-12-7-10(14(16,17)18)8-20-13(12)21-11-3-1-9(2-4-11)5-6-19/h1-4,7-8H,5-6,19H2,(H,20,21). The number of benzene rings is 1. The Labute approximate surface area is 124 Å². The predicted molar refractivity (Wildman–Crippen MR) is 76.7 cm³/mol. The second-order valence-corrected chi connectivity index (χ2v) is 4.82. The molecular formula is C14H13ClF3N3. The van der Waals surface area contributed by atoms with Gasteiger partial charge in [-0.2, -0.15) is 13.2 Å². The summed E-state index contributed by atoms with van der Waals surface area (Å²) in [7, 11) is 0. The summed E-state index contributed by atoms with van der Waals surface area (Å²) in [5, 5.41) is 2.79. The molecule has 2 rings (SSSR count). The van der Waals surface area contributed by atoms with Gasteiger partial charge in [0.2, 0.25) is 0 Å². The summed E-state index contributed by atoms with van der Waals surface area (Å²) in [4.78, 5) is 3.72. The zero-order valence-electron chi connectivity index (χ0n) is 10.9. The molecule has 3 N–H and O–H groups in total. The zero-order chi connectivity index (χ0) is 15.5. The van der Waals surface area contributed by atoms with Crippen molar-refractivity contribution in [2.24, 2.45) is 5.73 Å². The first-order chi connectivity index (χ1) is 9.90. The average molecular weight is 316 g/mol. The summed E-state index contributed by atoms with van der Waals surface area (Å²) >= 11 is 5.82. The van der Waals surface area contributed by atoms with E-state index in [1.54, 1.807) is 12.1 Å². The number of pyridine rings is 1. The quantitative estimate of drug-likeness (QED) is 0.896. The van der Waals surface area contributed by atoms with E-state index >= 15 is 0 Å². The van der Waals surface area contributed by atoms with Gasteiger partial charge in [-0.15, -0.1) is 0 Å². The first-order valence-corrected chi connectivity index (χ1v) is 6.56. The molecule has 0 atom stereocenters. The van der Waals surface area contributed by atoms with Crippen LogP contribution >= 0.6 is 11.6 Å². The molecule has 1 aromatic carbocycles. The van der Waals surface area contributed by atoms with Gasteiger partial charge in [-0.05, 0) is 36.7 Å². The molecule has 0 unspecified atom stereocenters. The first kappa shape index (κ1) is 15.6. The summed E-state index contributed by atoms with van der Waals surface area (Å²) in [5.74, 6) is 0.177. The van der Waals surface area contributed by atoms with Crippen LogP contribution in [0.2, 0.25) is 5.02 Å². The van der Waals surface area contributed by atoms with E-state index in [1.807, 2.05) is 12.1 Å². The van der Waals surface area contributed by atoms with Crippen molar-refractivity contribution in [1.82, 2.24) is 4.98 Å². The van der Waals surface area contributed by atoms with Crippen molar-refractivity contribution in [1.29, 1.82) is 0 Å². The van der Waals surface area contributed by atoms with Crippen LogP contribution in [0.5, 0.6) is 0 Å². The minimum atomic E-state index is -4.46. The molecule has 0 saturated heterocycles. The highest BCUT2D eigenvalue weighted by atomic mass is 35.5. The Balaban J connectivity index is 2.16. The number of halogens is 4. The minimum absolute atomic E-state index is 0.0872. The SMILES string of the molecule is NCCc1ccc(Nc2ncc(C(F)(F)F)cc2Cl)cc1. The number of aromatic nitrogens is 1. The topological polar surface area (TPSA) is 50.9 Å². The zero-order valence-corrected chi connectivity index (χ0v) is 11.7. The number of rotatable bonds is 4. The molecule has 0 radical (unpaired) electrons. The van der Waals surface area contributed by atoms with Crippen LogP contribution in [0.3, 0.4) is 0 Å². The fourth-order valence-corrected chi connectivity index (χ4v) is 1.96. The van der Waals surface area contributed by atoms with Gasteiger partial charge in [0.15, 0.2) is 0 Å². The molecule has 0 aliphatic heterocycles. The third-order valence-electron chi connectivity index (χ3n) is 2.82. The Morgan fingerprint density at radius 1 is 1.19 bits per heavy atom. The van der Waals surface area contributed by atoms with Crippen LogP contribution in [0, 0.1) is 0 Å². The van der Waals surface area contributed by atoms with Crippen LogP contribution in [0.25, 0.3) is 0 Å². The second kappa shape index (κ2) is 6.32. The molecule has 1 aromatic heterocycles. The molecule has 0 fully saturated rings. The van der Waals surface area contributed by atoms with Crippen LogP contribution in [0.4, 0.5) is 24.7 Å². The van der Waals surface area contributed by atoms with Crippen LogP contribution < -0.4 is 11.1 Å². The molecule has 0 amide bonds. The van der Waals surface area contributed by atoms with E-state index in [-0.39, 0.29) is 10.8 Å². The fourth-order valence-electron chi connectivity index (χ4n) is 1.74. The van der Waals surface area contributed by atoms with E-state index in [4.69, 9.17) is 17.3 Å². The Kier molecular flexibility index (Phi) is 4.69. The van der Waals surface area contributed by atoms with Crippen molar-refractivity contribution in [3.8, 4) is 0 Å². The van der Waals surface area contributed by atoms with Gasteiger partial charge in [0.25, 0.3) is 0 Å². The lowest BCUT2D eigenvalue weighted by molar-refractivity contribution is -0.137. The number of hydrogen-bond donors (Lipinski definition) is 2. The number of nitrogens with two attached hydrogens (primary N) is 1. The van der Waals surface area contributed by atoms with Gasteiger partial charge < -0.3 is 11.1 Å². The smallest absolute Gasteiger partial charge is 0.339 e. The third kappa shape index (κ3) is 4.09. The van der Waals surface area contributed by atoms with Crippen LogP contribution in [-0.4, -0.2) is 11.5 Å². The molecule has 0 aliphatic carbocycles. The highest BCUT2D eigenvalue weighted by Gasteiger charge is 2.31. The molecule has 3 nitrogen and oxygen atoms in total. The summed E-state index contributed by atoms with van der Waals surface area (Å²) in [6.45, 7) is 0.555. The van der Waals surface area contributed by atoms with E-state index in [1.165, 1.54) is 0 Å². The summed E-state index contributed by atoms with van der Waals surface area (Å²) in [5.41, 5.74) is 6.34. The van der Waals surface area contributed by atoms with Gasteiger partial charge in [0.1, 0.15) is 5.82 Å². The Morgan fingerprint density at radius 2 is 1.86 bits per heavy atom. The molecule has 1 heterocycles. The molecule has 112 valence electrons. The number of hydrogen-bond acceptors (Lipinski definition) is 3. The van der Waals surface area contributed by atoms with Crippen molar-refractivity contribution >= 4 is 23.1 Å². The maximum Gasteiger partial charge on any atom is 0.417 e.